The second-order valence-electron chi connectivity index (χ2n) is 4.33. The van der Waals surface area contributed by atoms with Crippen LogP contribution in [0.4, 0.5) is 0 Å². The average molecular weight is 227 g/mol. The van der Waals surface area contributed by atoms with Crippen molar-refractivity contribution in [3.63, 3.8) is 0 Å². The molecule has 0 saturated carbocycles. The van der Waals surface area contributed by atoms with E-state index in [-0.39, 0.29) is 0 Å². The predicted molar refractivity (Wildman–Crippen MR) is 69.4 cm³/mol. The third-order valence-corrected chi connectivity index (χ3v) is 6.21. The maximum absolute atomic E-state index is 11.1. The lowest BCUT2D eigenvalue weighted by molar-refractivity contribution is -0.114. The van der Waals surface area contributed by atoms with Crippen LogP contribution in [0, 0.1) is 0 Å². The van der Waals surface area contributed by atoms with Gasteiger partial charge in [-0.3, -0.25) is 4.79 Å². The summed E-state index contributed by atoms with van der Waals surface area (Å²) >= 11 is 0. The highest BCUT2D eigenvalue weighted by Gasteiger charge is 2.32. The van der Waals surface area contributed by atoms with Crippen molar-refractivity contribution >= 4 is 16.7 Å². The molecule has 0 aromatic rings. The second-order valence-corrected chi connectivity index (χ2v) is 6.82. The third kappa shape index (κ3) is 3.67. The van der Waals surface area contributed by atoms with Gasteiger partial charge in [-0.2, -0.15) is 0 Å². The van der Waals surface area contributed by atoms with E-state index < -0.39 is 0 Å². The minimum absolute atomic E-state index is 0.312. The largest absolute Gasteiger partial charge is 0.295 e. The van der Waals surface area contributed by atoms with Crippen molar-refractivity contribution in [1.29, 1.82) is 0 Å². The van der Waals surface area contributed by atoms with Gasteiger partial charge in [0.2, 0.25) is 0 Å². The molecule has 0 radical (unpaired) electrons. The standard InChI is InChI=1S/C13H23OS/c1-4-6-12(5-2)15(3)13-9-7-11(14)8-10-13/h7,9,12-13H,4-6,8,10H2,1-3H3/q+1. The fourth-order valence-corrected chi connectivity index (χ4v) is 4.65. The van der Waals surface area contributed by atoms with Crippen LogP contribution in [0.25, 0.3) is 0 Å². The summed E-state index contributed by atoms with van der Waals surface area (Å²) in [5, 5.41) is 1.53. The third-order valence-electron chi connectivity index (χ3n) is 3.24. The molecule has 0 N–H and O–H groups in total. The highest BCUT2D eigenvalue weighted by molar-refractivity contribution is 7.97. The molecule has 15 heavy (non-hydrogen) atoms. The van der Waals surface area contributed by atoms with Gasteiger partial charge in [-0.05, 0) is 35.9 Å². The maximum Gasteiger partial charge on any atom is 0.155 e. The van der Waals surface area contributed by atoms with E-state index in [1.165, 1.54) is 19.3 Å². The molecular formula is C13H23OS+. The van der Waals surface area contributed by atoms with Gasteiger partial charge < -0.3 is 0 Å². The van der Waals surface area contributed by atoms with Crippen LogP contribution in [0.2, 0.25) is 0 Å². The van der Waals surface area contributed by atoms with E-state index in [0.29, 0.717) is 21.9 Å². The molecule has 0 bridgehead atoms. The van der Waals surface area contributed by atoms with Crippen molar-refractivity contribution < 1.29 is 4.79 Å². The van der Waals surface area contributed by atoms with E-state index in [2.05, 4.69) is 26.2 Å². The molecule has 0 fully saturated rings. The number of rotatable bonds is 5. The molecule has 0 amide bonds. The Morgan fingerprint density at radius 2 is 2.27 bits per heavy atom. The Hall–Kier alpha value is -0.240. The zero-order valence-corrected chi connectivity index (χ0v) is 11.0. The van der Waals surface area contributed by atoms with Crippen molar-refractivity contribution in [3.8, 4) is 0 Å². The highest BCUT2D eigenvalue weighted by Crippen LogP contribution is 2.24. The number of hydrogen-bond donors (Lipinski definition) is 0. The van der Waals surface area contributed by atoms with Crippen molar-refractivity contribution in [1.82, 2.24) is 0 Å². The molecule has 0 spiro atoms. The van der Waals surface area contributed by atoms with Gasteiger partial charge in [-0.15, -0.1) is 0 Å². The van der Waals surface area contributed by atoms with Gasteiger partial charge in [-0.1, -0.05) is 20.3 Å². The van der Waals surface area contributed by atoms with Crippen LogP contribution in [0.3, 0.4) is 0 Å². The van der Waals surface area contributed by atoms with Crippen LogP contribution >= 0.6 is 0 Å². The highest BCUT2D eigenvalue weighted by atomic mass is 32.2. The predicted octanol–water partition coefficient (Wildman–Crippen LogP) is 3.10. The van der Waals surface area contributed by atoms with E-state index >= 15 is 0 Å². The Labute approximate surface area is 96.7 Å². The Kier molecular flexibility index (Phi) is 5.44. The summed E-state index contributed by atoms with van der Waals surface area (Å²) in [5.41, 5.74) is 0. The summed E-state index contributed by atoms with van der Waals surface area (Å²) in [6, 6.07) is 0. The lowest BCUT2D eigenvalue weighted by Gasteiger charge is -2.21. The molecule has 0 aromatic carbocycles. The van der Waals surface area contributed by atoms with Gasteiger partial charge in [0, 0.05) is 12.8 Å². The smallest absolute Gasteiger partial charge is 0.155 e. The quantitative estimate of drug-likeness (QED) is 0.660. The van der Waals surface area contributed by atoms with Crippen LogP contribution in [0.1, 0.15) is 46.0 Å². The minimum Gasteiger partial charge on any atom is -0.295 e. The molecule has 1 nitrogen and oxygen atoms in total. The van der Waals surface area contributed by atoms with E-state index in [1.54, 1.807) is 6.08 Å². The SMILES string of the molecule is CCCC(CC)[S+](C)C1C=CC(=O)CC1. The molecule has 1 aliphatic carbocycles. The molecule has 0 heterocycles. The summed E-state index contributed by atoms with van der Waals surface area (Å²) < 4.78 is 0. The van der Waals surface area contributed by atoms with Crippen LogP contribution in [0.5, 0.6) is 0 Å². The maximum atomic E-state index is 11.1. The van der Waals surface area contributed by atoms with E-state index in [1.807, 2.05) is 0 Å². The van der Waals surface area contributed by atoms with Gasteiger partial charge in [0.25, 0.3) is 0 Å². The van der Waals surface area contributed by atoms with Crippen LogP contribution in [0.15, 0.2) is 12.2 Å². The molecule has 86 valence electrons. The Morgan fingerprint density at radius 1 is 1.53 bits per heavy atom. The summed E-state index contributed by atoms with van der Waals surface area (Å²) in [6.07, 6.45) is 12.1. The first-order chi connectivity index (χ1) is 7.19. The topological polar surface area (TPSA) is 17.1 Å². The lowest BCUT2D eigenvalue weighted by Crippen LogP contribution is -2.31. The number of ketones is 1. The molecule has 1 aliphatic rings. The zero-order valence-electron chi connectivity index (χ0n) is 10.2. The van der Waals surface area contributed by atoms with Crippen molar-refractivity contribution in [2.75, 3.05) is 6.26 Å². The first-order valence-corrected chi connectivity index (χ1v) is 7.79. The number of hydrogen-bond acceptors (Lipinski definition) is 1. The van der Waals surface area contributed by atoms with Crippen molar-refractivity contribution in [2.24, 2.45) is 0 Å². The Morgan fingerprint density at radius 3 is 2.73 bits per heavy atom. The molecule has 0 aromatic heterocycles. The molecule has 2 heteroatoms. The van der Waals surface area contributed by atoms with E-state index in [4.69, 9.17) is 0 Å². The summed E-state index contributed by atoms with van der Waals surface area (Å²) in [6.45, 7) is 4.56. The van der Waals surface area contributed by atoms with Gasteiger partial charge in [0.1, 0.15) is 10.5 Å². The van der Waals surface area contributed by atoms with Crippen molar-refractivity contribution in [3.05, 3.63) is 12.2 Å². The Bertz CT molecular complexity index is 235. The average Bonchev–Trinajstić information content (AvgIpc) is 2.26. The molecule has 1 rings (SSSR count). The molecule has 3 atom stereocenters. The van der Waals surface area contributed by atoms with Gasteiger partial charge in [-0.25, -0.2) is 0 Å². The van der Waals surface area contributed by atoms with Gasteiger partial charge in [0.05, 0.1) is 6.26 Å². The van der Waals surface area contributed by atoms with E-state index in [0.717, 1.165) is 18.1 Å². The lowest BCUT2D eigenvalue weighted by atomic mass is 10.1. The first-order valence-electron chi connectivity index (χ1n) is 6.03. The normalized spacial score (nSPS) is 25.3. The fourth-order valence-electron chi connectivity index (χ4n) is 2.21. The minimum atomic E-state index is 0.312. The second kappa shape index (κ2) is 6.37. The molecule has 0 saturated heterocycles. The number of carbonyl (C=O) groups excluding carboxylic acids is 1. The molecule has 3 unspecified atom stereocenters. The Balaban J connectivity index is 2.54. The van der Waals surface area contributed by atoms with Crippen LogP contribution in [-0.4, -0.2) is 22.5 Å². The van der Waals surface area contributed by atoms with Gasteiger partial charge in [0.15, 0.2) is 5.78 Å². The fraction of sp³-hybridized carbons (Fsp3) is 0.769. The summed E-state index contributed by atoms with van der Waals surface area (Å²) in [5.74, 6) is 0.312. The van der Waals surface area contributed by atoms with Crippen LogP contribution < -0.4 is 0 Å². The number of carbonyl (C=O) groups is 1. The zero-order chi connectivity index (χ0) is 11.3. The first kappa shape index (κ1) is 12.8. The van der Waals surface area contributed by atoms with Gasteiger partial charge >= 0.3 is 0 Å². The summed E-state index contributed by atoms with van der Waals surface area (Å²) in [7, 11) is 0.452. The summed E-state index contributed by atoms with van der Waals surface area (Å²) in [4.78, 5) is 11.1. The molecule has 0 aliphatic heterocycles. The van der Waals surface area contributed by atoms with Crippen LogP contribution in [-0.2, 0) is 15.7 Å². The number of allylic oxidation sites excluding steroid dienone is 1. The van der Waals surface area contributed by atoms with E-state index in [9.17, 15) is 4.79 Å². The monoisotopic (exact) mass is 227 g/mol. The van der Waals surface area contributed by atoms with Crippen molar-refractivity contribution in [2.45, 2.75) is 56.5 Å². The molecular weight excluding hydrogens is 204 g/mol.